The van der Waals surface area contributed by atoms with E-state index in [1.165, 1.54) is 5.38 Å². The van der Waals surface area contributed by atoms with E-state index in [-0.39, 0.29) is 22.9 Å². The fourth-order valence-corrected chi connectivity index (χ4v) is 4.11. The summed E-state index contributed by atoms with van der Waals surface area (Å²) in [6.45, 7) is 3.07. The first-order valence-electron chi connectivity index (χ1n) is 5.80. The Morgan fingerprint density at radius 3 is 2.50 bits per heavy atom. The molecule has 0 amide bonds. The number of rotatable bonds is 7. The molecule has 0 atom stereocenters. The van der Waals surface area contributed by atoms with Crippen molar-refractivity contribution < 1.29 is 27.9 Å². The lowest BCUT2D eigenvalue weighted by atomic mass is 10.4. The summed E-state index contributed by atoms with van der Waals surface area (Å²) in [5.41, 5.74) is -0.0965. The van der Waals surface area contributed by atoms with Crippen molar-refractivity contribution in [1.29, 1.82) is 0 Å². The molecule has 0 aliphatic heterocycles. The van der Waals surface area contributed by atoms with Crippen LogP contribution in [0, 0.1) is 0 Å². The van der Waals surface area contributed by atoms with Crippen molar-refractivity contribution in [3.05, 3.63) is 17.0 Å². The summed E-state index contributed by atoms with van der Waals surface area (Å²) in [7, 11) is -3.89. The Morgan fingerprint density at radius 2 is 2.05 bits per heavy atom. The molecule has 0 unspecified atom stereocenters. The third kappa shape index (κ3) is 3.78. The van der Waals surface area contributed by atoms with Crippen LogP contribution in [0.3, 0.4) is 0 Å². The minimum absolute atomic E-state index is 0.0848. The normalized spacial score (nSPS) is 11.6. The lowest BCUT2D eigenvalue weighted by Gasteiger charge is -2.18. The van der Waals surface area contributed by atoms with E-state index in [2.05, 4.69) is 0 Å². The summed E-state index contributed by atoms with van der Waals surface area (Å²) in [4.78, 5) is 22.2. The maximum Gasteiger partial charge on any atom is 0.336 e. The number of aromatic carboxylic acids is 1. The van der Waals surface area contributed by atoms with Gasteiger partial charge in [0, 0.05) is 11.9 Å². The van der Waals surface area contributed by atoms with Crippen LogP contribution in [0.1, 0.15) is 24.2 Å². The zero-order chi connectivity index (χ0) is 15.3. The number of likely N-dealkylation sites (N-methyl/N-ethyl adjacent to an activating group) is 1. The monoisotopic (exact) mass is 321 g/mol. The van der Waals surface area contributed by atoms with Gasteiger partial charge in [0.2, 0.25) is 0 Å². The number of carboxylic acid groups (broad SMARTS) is 1. The van der Waals surface area contributed by atoms with Crippen LogP contribution in [0.4, 0.5) is 0 Å². The van der Waals surface area contributed by atoms with E-state index in [9.17, 15) is 18.0 Å². The molecular weight excluding hydrogens is 306 g/mol. The number of nitrogens with zero attached hydrogens (tertiary/aromatic N) is 1. The maximum absolute atomic E-state index is 12.3. The van der Waals surface area contributed by atoms with Gasteiger partial charge in [-0.2, -0.15) is 4.31 Å². The van der Waals surface area contributed by atoms with E-state index in [0.29, 0.717) is 0 Å². The van der Waals surface area contributed by atoms with Crippen LogP contribution in [0.2, 0.25) is 0 Å². The summed E-state index contributed by atoms with van der Waals surface area (Å²) in [5, 5.41) is 10.0. The highest BCUT2D eigenvalue weighted by Gasteiger charge is 2.28. The molecule has 7 nitrogen and oxygen atoms in total. The van der Waals surface area contributed by atoms with Gasteiger partial charge < -0.3 is 9.84 Å². The topological polar surface area (TPSA) is 101 Å². The molecular formula is C11H15NO6S2. The van der Waals surface area contributed by atoms with Gasteiger partial charge in [-0.25, -0.2) is 13.2 Å². The number of ether oxygens (including phenoxy) is 1. The van der Waals surface area contributed by atoms with Crippen molar-refractivity contribution >= 4 is 33.3 Å². The summed E-state index contributed by atoms with van der Waals surface area (Å²) < 4.78 is 30.1. The molecule has 1 heterocycles. The average molecular weight is 321 g/mol. The highest BCUT2D eigenvalue weighted by Crippen LogP contribution is 2.23. The van der Waals surface area contributed by atoms with Gasteiger partial charge in [0.05, 0.1) is 12.2 Å². The second-order valence-corrected chi connectivity index (χ2v) is 6.77. The molecule has 1 aromatic heterocycles. The van der Waals surface area contributed by atoms with Crippen molar-refractivity contribution in [2.24, 2.45) is 0 Å². The summed E-state index contributed by atoms with van der Waals surface area (Å²) in [6.07, 6.45) is 0. The average Bonchev–Trinajstić information content (AvgIpc) is 2.86. The van der Waals surface area contributed by atoms with E-state index >= 15 is 0 Å². The molecule has 9 heteroatoms. The van der Waals surface area contributed by atoms with Crippen molar-refractivity contribution in [2.75, 3.05) is 19.7 Å². The van der Waals surface area contributed by atoms with Crippen LogP contribution < -0.4 is 0 Å². The lowest BCUT2D eigenvalue weighted by molar-refractivity contribution is -0.143. The number of esters is 1. The Bertz CT molecular complexity index is 592. The molecule has 0 spiro atoms. The third-order valence-corrected chi connectivity index (χ3v) is 5.72. The number of sulfonamides is 1. The van der Waals surface area contributed by atoms with Crippen molar-refractivity contribution in [3.63, 3.8) is 0 Å². The summed E-state index contributed by atoms with van der Waals surface area (Å²) in [6, 6.07) is 1.08. The highest BCUT2D eigenvalue weighted by molar-refractivity contribution is 7.91. The summed E-state index contributed by atoms with van der Waals surface area (Å²) >= 11 is 0.806. The standard InChI is InChI=1S/C11H15NO6S2/c1-3-12(6-9(13)18-4-2)20(16,17)10-5-8(7-19-10)11(14)15/h5,7H,3-4,6H2,1-2H3,(H,14,15). The lowest BCUT2D eigenvalue weighted by Crippen LogP contribution is -2.36. The van der Waals surface area contributed by atoms with Crippen LogP contribution in [-0.2, 0) is 19.6 Å². The smallest absolute Gasteiger partial charge is 0.336 e. The molecule has 0 aliphatic rings. The molecule has 0 fully saturated rings. The molecule has 20 heavy (non-hydrogen) atoms. The minimum Gasteiger partial charge on any atom is -0.478 e. The molecule has 0 aliphatic carbocycles. The quantitative estimate of drug-likeness (QED) is 0.752. The largest absolute Gasteiger partial charge is 0.478 e. The fraction of sp³-hybridized carbons (Fsp3) is 0.455. The Kier molecular flexibility index (Phi) is 5.66. The van der Waals surface area contributed by atoms with Crippen molar-refractivity contribution in [2.45, 2.75) is 18.1 Å². The van der Waals surface area contributed by atoms with Crippen LogP contribution in [-0.4, -0.2) is 49.5 Å². The van der Waals surface area contributed by atoms with Gasteiger partial charge in [-0.05, 0) is 13.0 Å². The van der Waals surface area contributed by atoms with Crippen LogP contribution in [0.15, 0.2) is 15.7 Å². The second kappa shape index (κ2) is 6.82. The molecule has 1 rings (SSSR count). The molecule has 0 saturated carbocycles. The Morgan fingerprint density at radius 1 is 1.40 bits per heavy atom. The Labute approximate surface area is 120 Å². The second-order valence-electron chi connectivity index (χ2n) is 3.70. The van der Waals surface area contributed by atoms with E-state index in [1.54, 1.807) is 13.8 Å². The van der Waals surface area contributed by atoms with E-state index < -0.39 is 28.5 Å². The van der Waals surface area contributed by atoms with Gasteiger partial charge in [0.1, 0.15) is 10.8 Å². The Balaban J connectivity index is 2.99. The number of thiophene rings is 1. The molecule has 1 N–H and O–H groups in total. The van der Waals surface area contributed by atoms with Crippen molar-refractivity contribution in [3.8, 4) is 0 Å². The molecule has 112 valence electrons. The van der Waals surface area contributed by atoms with E-state index in [1.807, 2.05) is 0 Å². The predicted molar refractivity (Wildman–Crippen MR) is 72.3 cm³/mol. The number of hydrogen-bond donors (Lipinski definition) is 1. The van der Waals surface area contributed by atoms with Gasteiger partial charge in [0.15, 0.2) is 0 Å². The molecule has 0 bridgehead atoms. The zero-order valence-electron chi connectivity index (χ0n) is 11.0. The first-order chi connectivity index (χ1) is 9.32. The van der Waals surface area contributed by atoms with Gasteiger partial charge in [-0.3, -0.25) is 4.79 Å². The van der Waals surface area contributed by atoms with Crippen molar-refractivity contribution in [1.82, 2.24) is 4.31 Å². The third-order valence-electron chi connectivity index (χ3n) is 2.38. The van der Waals surface area contributed by atoms with Crippen LogP contribution in [0.25, 0.3) is 0 Å². The van der Waals surface area contributed by atoms with Crippen LogP contribution >= 0.6 is 11.3 Å². The first kappa shape index (κ1) is 16.6. The van der Waals surface area contributed by atoms with E-state index in [4.69, 9.17) is 9.84 Å². The molecule has 0 aromatic carbocycles. The maximum atomic E-state index is 12.3. The first-order valence-corrected chi connectivity index (χ1v) is 8.12. The number of carbonyl (C=O) groups is 2. The van der Waals surface area contributed by atoms with Gasteiger partial charge in [-0.1, -0.05) is 6.92 Å². The fourth-order valence-electron chi connectivity index (χ4n) is 1.41. The minimum atomic E-state index is -3.89. The molecule has 0 saturated heterocycles. The SMILES string of the molecule is CCOC(=O)CN(CC)S(=O)(=O)c1cc(C(=O)O)cs1. The zero-order valence-corrected chi connectivity index (χ0v) is 12.7. The van der Waals surface area contributed by atoms with E-state index in [0.717, 1.165) is 21.7 Å². The molecule has 0 radical (unpaired) electrons. The summed E-state index contributed by atoms with van der Waals surface area (Å²) in [5.74, 6) is -1.84. The molecule has 1 aromatic rings. The number of carboxylic acids is 1. The highest BCUT2D eigenvalue weighted by atomic mass is 32.2. The van der Waals surface area contributed by atoms with Gasteiger partial charge in [-0.15, -0.1) is 11.3 Å². The Hall–Kier alpha value is -1.45. The van der Waals surface area contributed by atoms with Gasteiger partial charge in [0.25, 0.3) is 10.0 Å². The van der Waals surface area contributed by atoms with Crippen LogP contribution in [0.5, 0.6) is 0 Å². The number of carbonyl (C=O) groups excluding carboxylic acids is 1. The number of hydrogen-bond acceptors (Lipinski definition) is 6. The van der Waals surface area contributed by atoms with Gasteiger partial charge >= 0.3 is 11.9 Å². The predicted octanol–water partition coefficient (Wildman–Crippen LogP) is 1.02.